The third-order valence-electron chi connectivity index (χ3n) is 2.52. The Morgan fingerprint density at radius 2 is 2.28 bits per heavy atom. The number of halogens is 2. The van der Waals surface area contributed by atoms with E-state index in [2.05, 4.69) is 31.2 Å². The first-order valence-electron chi connectivity index (χ1n) is 5.38. The van der Waals surface area contributed by atoms with E-state index in [-0.39, 0.29) is 5.82 Å². The molecule has 0 saturated carbocycles. The largest absolute Gasteiger partial charge is 0.496 e. The lowest BCUT2D eigenvalue weighted by Crippen LogP contribution is -2.06. The van der Waals surface area contributed by atoms with Crippen molar-refractivity contribution in [2.24, 2.45) is 0 Å². The summed E-state index contributed by atoms with van der Waals surface area (Å²) in [5.41, 5.74) is 2.17. The molecule has 2 aromatic rings. The van der Waals surface area contributed by atoms with Crippen LogP contribution in [0.25, 0.3) is 11.3 Å². The molecule has 0 radical (unpaired) electrons. The summed E-state index contributed by atoms with van der Waals surface area (Å²) in [4.78, 5) is 7.40. The van der Waals surface area contributed by atoms with Crippen molar-refractivity contribution in [1.29, 1.82) is 0 Å². The highest BCUT2D eigenvalue weighted by molar-refractivity contribution is 9.10. The van der Waals surface area contributed by atoms with Crippen LogP contribution < -0.4 is 10.1 Å². The van der Waals surface area contributed by atoms with E-state index in [9.17, 15) is 4.39 Å². The Hall–Kier alpha value is -1.40. The van der Waals surface area contributed by atoms with Crippen molar-refractivity contribution in [3.05, 3.63) is 34.4 Å². The standard InChI is InChI=1S/C12H13BrFN3O/c1-15-6-9-11(17-12(13)16-9)8-5-7(14)3-4-10(8)18-2/h3-5,15H,6H2,1-2H3,(H,16,17). The monoisotopic (exact) mass is 313 g/mol. The van der Waals surface area contributed by atoms with Gasteiger partial charge < -0.3 is 15.0 Å². The van der Waals surface area contributed by atoms with Gasteiger partial charge in [-0.3, -0.25) is 0 Å². The van der Waals surface area contributed by atoms with Gasteiger partial charge in [0.25, 0.3) is 0 Å². The molecular formula is C12H13BrFN3O. The van der Waals surface area contributed by atoms with Crippen LogP contribution in [0.4, 0.5) is 4.39 Å². The predicted molar refractivity (Wildman–Crippen MR) is 71.0 cm³/mol. The summed E-state index contributed by atoms with van der Waals surface area (Å²) in [7, 11) is 3.39. The summed E-state index contributed by atoms with van der Waals surface area (Å²) in [6.45, 7) is 0.605. The maximum absolute atomic E-state index is 13.4. The molecule has 0 aliphatic rings. The van der Waals surface area contributed by atoms with Crippen LogP contribution in [0.2, 0.25) is 0 Å². The van der Waals surface area contributed by atoms with Gasteiger partial charge in [0.05, 0.1) is 18.5 Å². The number of ether oxygens (including phenoxy) is 1. The molecule has 0 saturated heterocycles. The molecule has 18 heavy (non-hydrogen) atoms. The van der Waals surface area contributed by atoms with Crippen molar-refractivity contribution in [3.63, 3.8) is 0 Å². The number of hydrogen-bond donors (Lipinski definition) is 2. The summed E-state index contributed by atoms with van der Waals surface area (Å²) in [6, 6.07) is 4.37. The SMILES string of the molecule is CNCc1[nH]c(Br)nc1-c1cc(F)ccc1OC. The fourth-order valence-corrected chi connectivity index (χ4v) is 2.19. The van der Waals surface area contributed by atoms with Gasteiger partial charge in [-0.25, -0.2) is 9.37 Å². The number of methoxy groups -OCH3 is 1. The highest BCUT2D eigenvalue weighted by Gasteiger charge is 2.15. The second-order valence-electron chi connectivity index (χ2n) is 3.73. The lowest BCUT2D eigenvalue weighted by Gasteiger charge is -2.08. The normalized spacial score (nSPS) is 10.7. The molecule has 0 atom stereocenters. The summed E-state index contributed by atoms with van der Waals surface area (Å²) >= 11 is 3.29. The van der Waals surface area contributed by atoms with Gasteiger partial charge in [0.15, 0.2) is 4.73 Å². The van der Waals surface area contributed by atoms with E-state index >= 15 is 0 Å². The van der Waals surface area contributed by atoms with Crippen molar-refractivity contribution in [2.75, 3.05) is 14.2 Å². The minimum Gasteiger partial charge on any atom is -0.496 e. The van der Waals surface area contributed by atoms with Crippen molar-refractivity contribution < 1.29 is 9.13 Å². The molecule has 2 rings (SSSR count). The first-order chi connectivity index (χ1) is 8.65. The van der Waals surface area contributed by atoms with Gasteiger partial charge in [0.2, 0.25) is 0 Å². The van der Waals surface area contributed by atoms with Gasteiger partial charge in [-0.2, -0.15) is 0 Å². The third kappa shape index (κ3) is 2.54. The van der Waals surface area contributed by atoms with Gasteiger partial charge in [-0.1, -0.05) is 0 Å². The molecule has 0 aliphatic carbocycles. The molecule has 1 heterocycles. The van der Waals surface area contributed by atoms with Gasteiger partial charge in [0.1, 0.15) is 11.6 Å². The zero-order chi connectivity index (χ0) is 13.1. The molecule has 0 aliphatic heterocycles. The Balaban J connectivity index is 2.56. The average Bonchev–Trinajstić information content (AvgIpc) is 2.71. The van der Waals surface area contributed by atoms with Gasteiger partial charge in [-0.05, 0) is 41.2 Å². The third-order valence-corrected chi connectivity index (χ3v) is 2.90. The molecule has 0 amide bonds. The van der Waals surface area contributed by atoms with Gasteiger partial charge in [0, 0.05) is 12.1 Å². The molecule has 96 valence electrons. The number of benzene rings is 1. The van der Waals surface area contributed by atoms with E-state index in [4.69, 9.17) is 4.74 Å². The van der Waals surface area contributed by atoms with Crippen LogP contribution >= 0.6 is 15.9 Å². The first kappa shape index (κ1) is 13.0. The topological polar surface area (TPSA) is 49.9 Å². The fourth-order valence-electron chi connectivity index (χ4n) is 1.77. The van der Waals surface area contributed by atoms with E-state index in [1.54, 1.807) is 13.2 Å². The quantitative estimate of drug-likeness (QED) is 0.912. The van der Waals surface area contributed by atoms with Gasteiger partial charge in [-0.15, -0.1) is 0 Å². The van der Waals surface area contributed by atoms with Crippen LogP contribution in [0.15, 0.2) is 22.9 Å². The molecule has 1 aromatic heterocycles. The fraction of sp³-hybridized carbons (Fsp3) is 0.250. The maximum atomic E-state index is 13.4. The molecule has 0 spiro atoms. The zero-order valence-electron chi connectivity index (χ0n) is 10.1. The Kier molecular flexibility index (Phi) is 3.98. The first-order valence-corrected chi connectivity index (χ1v) is 6.18. The Morgan fingerprint density at radius 3 is 2.94 bits per heavy atom. The molecule has 0 unspecified atom stereocenters. The van der Waals surface area contributed by atoms with Gasteiger partial charge >= 0.3 is 0 Å². The van der Waals surface area contributed by atoms with E-state index < -0.39 is 0 Å². The molecule has 4 nitrogen and oxygen atoms in total. The van der Waals surface area contributed by atoms with E-state index in [1.165, 1.54) is 12.1 Å². The minimum atomic E-state index is -0.319. The number of rotatable bonds is 4. The summed E-state index contributed by atoms with van der Waals surface area (Å²) in [6.07, 6.45) is 0. The van der Waals surface area contributed by atoms with E-state index in [1.807, 2.05) is 7.05 Å². The zero-order valence-corrected chi connectivity index (χ0v) is 11.6. The summed E-state index contributed by atoms with van der Waals surface area (Å²) in [5, 5.41) is 3.03. The summed E-state index contributed by atoms with van der Waals surface area (Å²) < 4.78 is 19.2. The molecular weight excluding hydrogens is 301 g/mol. The smallest absolute Gasteiger partial charge is 0.175 e. The van der Waals surface area contributed by atoms with Crippen molar-refractivity contribution >= 4 is 15.9 Å². The van der Waals surface area contributed by atoms with Crippen molar-refractivity contribution in [2.45, 2.75) is 6.54 Å². The summed E-state index contributed by atoms with van der Waals surface area (Å²) in [5.74, 6) is 0.271. The minimum absolute atomic E-state index is 0.319. The van der Waals surface area contributed by atoms with Crippen molar-refractivity contribution in [3.8, 4) is 17.0 Å². The number of nitrogens with zero attached hydrogens (tertiary/aromatic N) is 1. The number of nitrogens with one attached hydrogen (secondary N) is 2. The number of aromatic nitrogens is 2. The van der Waals surface area contributed by atoms with Crippen molar-refractivity contribution in [1.82, 2.24) is 15.3 Å². The van der Waals surface area contributed by atoms with Crippen LogP contribution in [-0.2, 0) is 6.54 Å². The van der Waals surface area contributed by atoms with E-state index in [0.717, 1.165) is 5.69 Å². The molecule has 2 N–H and O–H groups in total. The van der Waals surface area contributed by atoms with Crippen LogP contribution in [0, 0.1) is 5.82 Å². The average molecular weight is 314 g/mol. The highest BCUT2D eigenvalue weighted by atomic mass is 79.9. The highest BCUT2D eigenvalue weighted by Crippen LogP contribution is 2.32. The predicted octanol–water partition coefficient (Wildman–Crippen LogP) is 2.71. The Morgan fingerprint density at radius 1 is 1.50 bits per heavy atom. The van der Waals surface area contributed by atoms with E-state index in [0.29, 0.717) is 28.3 Å². The lowest BCUT2D eigenvalue weighted by molar-refractivity contribution is 0.415. The molecule has 6 heteroatoms. The Bertz CT molecular complexity index is 556. The second-order valence-corrected chi connectivity index (χ2v) is 4.48. The van der Waals surface area contributed by atoms with Crippen LogP contribution in [0.5, 0.6) is 5.75 Å². The number of imidazole rings is 1. The molecule has 1 aromatic carbocycles. The second kappa shape index (κ2) is 5.49. The van der Waals surface area contributed by atoms with Crippen LogP contribution in [-0.4, -0.2) is 24.1 Å². The number of H-pyrrole nitrogens is 1. The number of hydrogen-bond acceptors (Lipinski definition) is 3. The van der Waals surface area contributed by atoms with Crippen LogP contribution in [0.3, 0.4) is 0 Å². The molecule has 0 bridgehead atoms. The maximum Gasteiger partial charge on any atom is 0.175 e. The number of aromatic amines is 1. The van der Waals surface area contributed by atoms with Crippen LogP contribution in [0.1, 0.15) is 5.69 Å². The lowest BCUT2D eigenvalue weighted by atomic mass is 10.1. The molecule has 0 fully saturated rings. The Labute approximate surface area is 113 Å².